The summed E-state index contributed by atoms with van der Waals surface area (Å²) in [5.74, 6) is 1.21. The molecule has 1 aromatic carbocycles. The molecule has 0 saturated carbocycles. The van der Waals surface area contributed by atoms with E-state index in [0.29, 0.717) is 17.7 Å². The molecular weight excluding hydrogens is 292 g/mol. The second-order valence-corrected chi connectivity index (χ2v) is 5.01. The maximum atomic E-state index is 11.7. The molecule has 0 bridgehead atoms. The minimum atomic E-state index is -0.115. The highest BCUT2D eigenvalue weighted by Crippen LogP contribution is 2.15. The zero-order chi connectivity index (χ0) is 15.1. The van der Waals surface area contributed by atoms with E-state index >= 15 is 0 Å². The lowest BCUT2D eigenvalue weighted by molar-refractivity contribution is -0.118. The number of carbonyl (C=O) groups excluding carboxylic acids is 1. The van der Waals surface area contributed by atoms with Crippen LogP contribution in [0.1, 0.15) is 11.5 Å². The largest absolute Gasteiger partial charge is 0.497 e. The number of nitrogens with two attached hydrogens (primary N) is 1. The number of methoxy groups -OCH3 is 1. The summed E-state index contributed by atoms with van der Waals surface area (Å²) >= 11 is 1.17. The Kier molecular flexibility index (Phi) is 5.59. The van der Waals surface area contributed by atoms with E-state index in [1.807, 2.05) is 24.3 Å². The number of thioether (sulfide) groups is 1. The Balaban J connectivity index is 1.76. The topological polar surface area (TPSA) is 103 Å². The number of rotatable bonds is 7. The second kappa shape index (κ2) is 7.65. The van der Waals surface area contributed by atoms with Gasteiger partial charge in [0.25, 0.3) is 5.22 Å². The molecule has 21 heavy (non-hydrogen) atoms. The van der Waals surface area contributed by atoms with Gasteiger partial charge in [0, 0.05) is 6.54 Å². The molecule has 0 aliphatic carbocycles. The molecule has 0 unspecified atom stereocenters. The van der Waals surface area contributed by atoms with Gasteiger partial charge in [0.05, 0.1) is 19.4 Å². The molecule has 7 nitrogen and oxygen atoms in total. The number of nitrogens with zero attached hydrogens (tertiary/aromatic N) is 2. The Morgan fingerprint density at radius 3 is 3.05 bits per heavy atom. The molecule has 0 atom stereocenters. The number of nitrogens with one attached hydrogen (secondary N) is 1. The highest BCUT2D eigenvalue weighted by atomic mass is 32.2. The minimum absolute atomic E-state index is 0.115. The number of carbonyl (C=O) groups is 1. The van der Waals surface area contributed by atoms with Gasteiger partial charge >= 0.3 is 0 Å². The van der Waals surface area contributed by atoms with Crippen LogP contribution in [0.2, 0.25) is 0 Å². The Labute approximate surface area is 126 Å². The number of amides is 1. The summed E-state index contributed by atoms with van der Waals surface area (Å²) in [6.45, 7) is 0.629. The van der Waals surface area contributed by atoms with Gasteiger partial charge in [0.15, 0.2) is 0 Å². The molecule has 2 aromatic rings. The van der Waals surface area contributed by atoms with Crippen molar-refractivity contribution in [1.29, 1.82) is 0 Å². The Morgan fingerprint density at radius 2 is 2.33 bits per heavy atom. The van der Waals surface area contributed by atoms with Crippen molar-refractivity contribution >= 4 is 17.7 Å². The SMILES string of the molecule is COc1cccc(CNC(=O)CSc2nnc(CN)o2)c1. The van der Waals surface area contributed by atoms with Crippen molar-refractivity contribution < 1.29 is 13.9 Å². The lowest BCUT2D eigenvalue weighted by Crippen LogP contribution is -2.24. The van der Waals surface area contributed by atoms with Gasteiger partial charge in [-0.2, -0.15) is 0 Å². The van der Waals surface area contributed by atoms with Crippen LogP contribution in [0.3, 0.4) is 0 Å². The highest BCUT2D eigenvalue weighted by Gasteiger charge is 2.08. The van der Waals surface area contributed by atoms with E-state index in [4.69, 9.17) is 14.9 Å². The van der Waals surface area contributed by atoms with Crippen molar-refractivity contribution in [2.45, 2.75) is 18.3 Å². The van der Waals surface area contributed by atoms with Crippen molar-refractivity contribution in [3.63, 3.8) is 0 Å². The maximum absolute atomic E-state index is 11.7. The highest BCUT2D eigenvalue weighted by molar-refractivity contribution is 7.99. The fourth-order valence-electron chi connectivity index (χ4n) is 1.54. The number of aromatic nitrogens is 2. The van der Waals surface area contributed by atoms with E-state index in [-0.39, 0.29) is 18.2 Å². The van der Waals surface area contributed by atoms with Crippen molar-refractivity contribution in [3.05, 3.63) is 35.7 Å². The van der Waals surface area contributed by atoms with Crippen molar-refractivity contribution in [3.8, 4) is 5.75 Å². The van der Waals surface area contributed by atoms with Gasteiger partial charge in [0.1, 0.15) is 5.75 Å². The summed E-state index contributed by atoms with van der Waals surface area (Å²) in [6, 6.07) is 7.52. The van der Waals surface area contributed by atoms with Crippen LogP contribution in [-0.2, 0) is 17.9 Å². The Morgan fingerprint density at radius 1 is 1.48 bits per heavy atom. The van der Waals surface area contributed by atoms with Crippen LogP contribution in [0.25, 0.3) is 0 Å². The van der Waals surface area contributed by atoms with Gasteiger partial charge in [-0.15, -0.1) is 10.2 Å². The predicted octanol–water partition coefficient (Wildman–Crippen LogP) is 0.945. The van der Waals surface area contributed by atoms with E-state index in [1.165, 1.54) is 11.8 Å². The number of hydrogen-bond donors (Lipinski definition) is 2. The molecule has 0 aliphatic heterocycles. The molecule has 112 valence electrons. The first-order valence-electron chi connectivity index (χ1n) is 6.26. The van der Waals surface area contributed by atoms with Gasteiger partial charge in [-0.05, 0) is 17.7 Å². The minimum Gasteiger partial charge on any atom is -0.497 e. The van der Waals surface area contributed by atoms with Crippen molar-refractivity contribution in [2.24, 2.45) is 5.73 Å². The van der Waals surface area contributed by atoms with Crippen LogP contribution in [0.5, 0.6) is 5.75 Å². The van der Waals surface area contributed by atoms with Crippen LogP contribution < -0.4 is 15.8 Å². The summed E-state index contributed by atoms with van der Waals surface area (Å²) in [7, 11) is 1.61. The monoisotopic (exact) mass is 308 g/mol. The normalized spacial score (nSPS) is 10.4. The number of ether oxygens (including phenoxy) is 1. The summed E-state index contributed by atoms with van der Waals surface area (Å²) in [5.41, 5.74) is 6.33. The van der Waals surface area contributed by atoms with Crippen LogP contribution in [0, 0.1) is 0 Å². The molecule has 3 N–H and O–H groups in total. The fraction of sp³-hybridized carbons (Fsp3) is 0.308. The summed E-state index contributed by atoms with van der Waals surface area (Å²) in [4.78, 5) is 11.7. The second-order valence-electron chi connectivity index (χ2n) is 4.08. The molecule has 2 rings (SSSR count). The predicted molar refractivity (Wildman–Crippen MR) is 77.8 cm³/mol. The zero-order valence-corrected chi connectivity index (χ0v) is 12.4. The molecule has 0 aliphatic rings. The average Bonchev–Trinajstić information content (AvgIpc) is 2.99. The number of benzene rings is 1. The first kappa shape index (κ1) is 15.3. The lowest BCUT2D eigenvalue weighted by Gasteiger charge is -2.06. The molecule has 0 fully saturated rings. The fourth-order valence-corrected chi connectivity index (χ4v) is 2.15. The zero-order valence-electron chi connectivity index (χ0n) is 11.5. The van der Waals surface area contributed by atoms with E-state index in [9.17, 15) is 4.79 Å². The average molecular weight is 308 g/mol. The summed E-state index contributed by atoms with van der Waals surface area (Å²) < 4.78 is 10.3. The van der Waals surface area contributed by atoms with Gasteiger partial charge in [-0.3, -0.25) is 4.79 Å². The molecular formula is C13H16N4O3S. The third kappa shape index (κ3) is 4.76. The molecule has 0 spiro atoms. The first-order chi connectivity index (χ1) is 10.2. The number of hydrogen-bond acceptors (Lipinski definition) is 7. The van der Waals surface area contributed by atoms with E-state index in [2.05, 4.69) is 15.5 Å². The standard InChI is InChI=1S/C13H16N4O3S/c1-19-10-4-2-3-9(5-10)7-15-11(18)8-21-13-17-16-12(6-14)20-13/h2-5H,6-8,14H2,1H3,(H,15,18). The van der Waals surface area contributed by atoms with Gasteiger partial charge in [-0.1, -0.05) is 23.9 Å². The van der Waals surface area contributed by atoms with E-state index < -0.39 is 0 Å². The molecule has 1 aromatic heterocycles. The van der Waals surface area contributed by atoms with Gasteiger partial charge in [0.2, 0.25) is 11.8 Å². The Hall–Kier alpha value is -2.06. The van der Waals surface area contributed by atoms with Gasteiger partial charge in [-0.25, -0.2) is 0 Å². The molecule has 0 radical (unpaired) electrons. The summed E-state index contributed by atoms with van der Waals surface area (Å²) in [6.07, 6.45) is 0. The van der Waals surface area contributed by atoms with Gasteiger partial charge < -0.3 is 20.2 Å². The molecule has 1 heterocycles. The van der Waals surface area contributed by atoms with Crippen molar-refractivity contribution in [2.75, 3.05) is 12.9 Å². The van der Waals surface area contributed by atoms with Crippen LogP contribution in [0.4, 0.5) is 0 Å². The molecule has 8 heteroatoms. The third-order valence-electron chi connectivity index (χ3n) is 2.57. The third-order valence-corrected chi connectivity index (χ3v) is 3.39. The Bertz CT molecular complexity index is 603. The smallest absolute Gasteiger partial charge is 0.277 e. The van der Waals surface area contributed by atoms with E-state index in [1.54, 1.807) is 7.11 Å². The van der Waals surface area contributed by atoms with E-state index in [0.717, 1.165) is 11.3 Å². The maximum Gasteiger partial charge on any atom is 0.277 e. The molecule has 0 saturated heterocycles. The van der Waals surface area contributed by atoms with Crippen LogP contribution in [-0.4, -0.2) is 29.0 Å². The quantitative estimate of drug-likeness (QED) is 0.734. The summed E-state index contributed by atoms with van der Waals surface area (Å²) in [5, 5.41) is 10.6. The van der Waals surface area contributed by atoms with Crippen molar-refractivity contribution in [1.82, 2.24) is 15.5 Å². The van der Waals surface area contributed by atoms with Crippen LogP contribution in [0.15, 0.2) is 33.9 Å². The van der Waals surface area contributed by atoms with Crippen LogP contribution >= 0.6 is 11.8 Å². The first-order valence-corrected chi connectivity index (χ1v) is 7.24. The lowest BCUT2D eigenvalue weighted by atomic mass is 10.2. The molecule has 1 amide bonds.